The Morgan fingerprint density at radius 2 is 1.96 bits per heavy atom. The van der Waals surface area contributed by atoms with Crippen LogP contribution in [0.15, 0.2) is 42.9 Å². The van der Waals surface area contributed by atoms with E-state index >= 15 is 0 Å². The lowest BCUT2D eigenvalue weighted by molar-refractivity contribution is 0.627. The lowest BCUT2D eigenvalue weighted by Gasteiger charge is -2.02. The quantitative estimate of drug-likeness (QED) is 0.575. The van der Waals surface area contributed by atoms with E-state index < -0.39 is 0 Å². The fraction of sp³-hybridized carbons (Fsp3) is 0.188. The Hall–Kier alpha value is -3.16. The zero-order valence-corrected chi connectivity index (χ0v) is 13.0. The summed E-state index contributed by atoms with van der Waals surface area (Å²) < 4.78 is 16.5. The molecule has 0 aliphatic heterocycles. The van der Waals surface area contributed by atoms with Gasteiger partial charge >= 0.3 is 0 Å². The van der Waals surface area contributed by atoms with Gasteiger partial charge in [0.15, 0.2) is 11.2 Å². The zero-order chi connectivity index (χ0) is 16.5. The third-order valence-electron chi connectivity index (χ3n) is 3.69. The predicted octanol–water partition coefficient (Wildman–Crippen LogP) is 2.16. The lowest BCUT2D eigenvalue weighted by atomic mass is 10.2. The lowest BCUT2D eigenvalue weighted by Crippen LogP contribution is -2.01. The summed E-state index contributed by atoms with van der Waals surface area (Å²) >= 11 is 0. The predicted molar refractivity (Wildman–Crippen MR) is 85.1 cm³/mol. The van der Waals surface area contributed by atoms with Crippen molar-refractivity contribution < 1.29 is 4.39 Å². The summed E-state index contributed by atoms with van der Waals surface area (Å²) in [6.45, 7) is 2.85. The van der Waals surface area contributed by atoms with Gasteiger partial charge in [0.1, 0.15) is 11.6 Å². The molecule has 0 bridgehead atoms. The van der Waals surface area contributed by atoms with Crippen molar-refractivity contribution in [2.75, 3.05) is 0 Å². The number of hydrogen-bond donors (Lipinski definition) is 0. The molecule has 0 spiro atoms. The zero-order valence-electron chi connectivity index (χ0n) is 13.0. The first kappa shape index (κ1) is 14.4. The number of rotatable bonds is 4. The number of halogens is 1. The second-order valence-corrected chi connectivity index (χ2v) is 5.35. The van der Waals surface area contributed by atoms with Gasteiger partial charge in [0, 0.05) is 19.2 Å². The number of benzene rings is 1. The Morgan fingerprint density at radius 3 is 2.71 bits per heavy atom. The molecule has 4 rings (SSSR count). The van der Waals surface area contributed by atoms with Crippen molar-refractivity contribution in [3.8, 4) is 5.69 Å². The van der Waals surface area contributed by atoms with Crippen molar-refractivity contribution in [1.82, 2.24) is 34.7 Å². The van der Waals surface area contributed by atoms with Crippen LogP contribution >= 0.6 is 0 Å². The van der Waals surface area contributed by atoms with E-state index in [-0.39, 0.29) is 5.82 Å². The molecule has 0 amide bonds. The van der Waals surface area contributed by atoms with Crippen LogP contribution in [0, 0.1) is 5.82 Å². The van der Waals surface area contributed by atoms with E-state index in [9.17, 15) is 4.39 Å². The largest absolute Gasteiger partial charge is 0.273 e. The standard InChI is InChI=1S/C16H14FN7/c1-2-23-10-11(8-19-23)7-15-18-9-14-16(20-15)24(22-21-14)13-5-3-12(17)4-6-13/h3-6,8-10H,2,7H2,1H3. The Morgan fingerprint density at radius 1 is 1.12 bits per heavy atom. The first-order valence-corrected chi connectivity index (χ1v) is 7.57. The van der Waals surface area contributed by atoms with Gasteiger partial charge in [0.2, 0.25) is 0 Å². The van der Waals surface area contributed by atoms with E-state index in [0.717, 1.165) is 12.1 Å². The van der Waals surface area contributed by atoms with Gasteiger partial charge < -0.3 is 0 Å². The van der Waals surface area contributed by atoms with Crippen LogP contribution in [0.3, 0.4) is 0 Å². The summed E-state index contributed by atoms with van der Waals surface area (Å²) in [5, 5.41) is 12.4. The molecule has 24 heavy (non-hydrogen) atoms. The average molecular weight is 323 g/mol. The molecule has 0 radical (unpaired) electrons. The van der Waals surface area contributed by atoms with Gasteiger partial charge in [-0.3, -0.25) is 4.68 Å². The highest BCUT2D eigenvalue weighted by molar-refractivity contribution is 5.70. The molecule has 0 aliphatic rings. The number of nitrogens with zero attached hydrogens (tertiary/aromatic N) is 7. The molecular weight excluding hydrogens is 309 g/mol. The average Bonchev–Trinajstić information content (AvgIpc) is 3.22. The molecule has 0 atom stereocenters. The SMILES string of the molecule is CCn1cc(Cc2ncc3nnn(-c4ccc(F)cc4)c3n2)cn1. The second kappa shape index (κ2) is 5.80. The molecule has 0 saturated heterocycles. The fourth-order valence-electron chi connectivity index (χ4n) is 2.46. The van der Waals surface area contributed by atoms with Crippen LogP contribution < -0.4 is 0 Å². The smallest absolute Gasteiger partial charge is 0.187 e. The maximum atomic E-state index is 13.1. The molecule has 120 valence electrons. The van der Waals surface area contributed by atoms with Crippen molar-refractivity contribution in [3.63, 3.8) is 0 Å². The summed E-state index contributed by atoms with van der Waals surface area (Å²) in [5.41, 5.74) is 2.92. The van der Waals surface area contributed by atoms with Gasteiger partial charge in [-0.25, -0.2) is 14.4 Å². The van der Waals surface area contributed by atoms with Crippen LogP contribution in [-0.2, 0) is 13.0 Å². The molecule has 4 aromatic rings. The summed E-state index contributed by atoms with van der Waals surface area (Å²) in [4.78, 5) is 8.89. The molecule has 8 heteroatoms. The Kier molecular flexibility index (Phi) is 3.49. The van der Waals surface area contributed by atoms with Crippen molar-refractivity contribution >= 4 is 11.2 Å². The minimum Gasteiger partial charge on any atom is -0.273 e. The molecule has 3 aromatic heterocycles. The molecule has 3 heterocycles. The van der Waals surface area contributed by atoms with Gasteiger partial charge in [-0.2, -0.15) is 9.78 Å². The van der Waals surface area contributed by atoms with Crippen molar-refractivity contribution in [1.29, 1.82) is 0 Å². The van der Waals surface area contributed by atoms with E-state index in [0.29, 0.717) is 29.1 Å². The third-order valence-corrected chi connectivity index (χ3v) is 3.69. The van der Waals surface area contributed by atoms with E-state index in [1.165, 1.54) is 12.1 Å². The number of aryl methyl sites for hydroxylation is 1. The highest BCUT2D eigenvalue weighted by Gasteiger charge is 2.11. The van der Waals surface area contributed by atoms with Crippen molar-refractivity contribution in [2.45, 2.75) is 19.9 Å². The molecule has 0 aliphatic carbocycles. The Labute approximate surface area is 136 Å². The van der Waals surface area contributed by atoms with Crippen LogP contribution in [0.1, 0.15) is 18.3 Å². The van der Waals surface area contributed by atoms with Gasteiger partial charge in [-0.15, -0.1) is 5.10 Å². The number of fused-ring (bicyclic) bond motifs is 1. The maximum absolute atomic E-state index is 13.1. The van der Waals surface area contributed by atoms with Crippen LogP contribution in [0.25, 0.3) is 16.9 Å². The third kappa shape index (κ3) is 2.62. The molecule has 0 saturated carbocycles. The molecule has 0 N–H and O–H groups in total. The first-order chi connectivity index (χ1) is 11.7. The number of aromatic nitrogens is 7. The summed E-state index contributed by atoms with van der Waals surface area (Å²) in [6, 6.07) is 6.03. The summed E-state index contributed by atoms with van der Waals surface area (Å²) in [6.07, 6.45) is 6.01. The maximum Gasteiger partial charge on any atom is 0.187 e. The van der Waals surface area contributed by atoms with Crippen molar-refractivity contribution in [2.24, 2.45) is 0 Å². The van der Waals surface area contributed by atoms with Gasteiger partial charge in [0.25, 0.3) is 0 Å². The summed E-state index contributed by atoms with van der Waals surface area (Å²) in [7, 11) is 0. The minimum absolute atomic E-state index is 0.300. The molecule has 0 unspecified atom stereocenters. The number of hydrogen-bond acceptors (Lipinski definition) is 5. The summed E-state index contributed by atoms with van der Waals surface area (Å²) in [5.74, 6) is 0.357. The van der Waals surface area contributed by atoms with Crippen molar-refractivity contribution in [3.05, 3.63) is 60.1 Å². The Bertz CT molecular complexity index is 987. The molecular formula is C16H14FN7. The van der Waals surface area contributed by atoms with Gasteiger partial charge in [-0.1, -0.05) is 5.21 Å². The van der Waals surface area contributed by atoms with E-state index in [1.807, 2.05) is 24.0 Å². The van der Waals surface area contributed by atoms with Crippen LogP contribution in [0.5, 0.6) is 0 Å². The molecule has 7 nitrogen and oxygen atoms in total. The highest BCUT2D eigenvalue weighted by Crippen LogP contribution is 2.15. The normalized spacial score (nSPS) is 11.2. The second-order valence-electron chi connectivity index (χ2n) is 5.35. The van der Waals surface area contributed by atoms with Gasteiger partial charge in [-0.05, 0) is 36.8 Å². The first-order valence-electron chi connectivity index (χ1n) is 7.57. The van der Waals surface area contributed by atoms with E-state index in [4.69, 9.17) is 0 Å². The molecule has 0 fully saturated rings. The Balaban J connectivity index is 1.71. The molecule has 1 aromatic carbocycles. The van der Waals surface area contributed by atoms with E-state index in [1.54, 1.807) is 23.0 Å². The topological polar surface area (TPSA) is 74.3 Å². The highest BCUT2D eigenvalue weighted by atomic mass is 19.1. The van der Waals surface area contributed by atoms with Crippen LogP contribution in [0.2, 0.25) is 0 Å². The fourth-order valence-corrected chi connectivity index (χ4v) is 2.46. The monoisotopic (exact) mass is 323 g/mol. The van der Waals surface area contributed by atoms with Crippen LogP contribution in [0.4, 0.5) is 4.39 Å². The minimum atomic E-state index is -0.300. The van der Waals surface area contributed by atoms with Crippen LogP contribution in [-0.4, -0.2) is 34.7 Å². The van der Waals surface area contributed by atoms with Gasteiger partial charge in [0.05, 0.1) is 18.1 Å². The van der Waals surface area contributed by atoms with E-state index in [2.05, 4.69) is 25.4 Å².